The molecule has 2 N–H and O–H groups in total. The monoisotopic (exact) mass is 526 g/mol. The zero-order valence-corrected chi connectivity index (χ0v) is 20.9. The molecule has 4 rings (SSSR count). The van der Waals surface area contributed by atoms with Crippen LogP contribution >= 0.6 is 0 Å². The van der Waals surface area contributed by atoms with Crippen molar-refractivity contribution in [3.05, 3.63) is 119 Å². The van der Waals surface area contributed by atoms with Gasteiger partial charge in [0.2, 0.25) is 0 Å². The van der Waals surface area contributed by atoms with E-state index in [1.165, 1.54) is 18.2 Å². The van der Waals surface area contributed by atoms with Crippen molar-refractivity contribution in [1.82, 2.24) is 0 Å². The fourth-order valence-electron chi connectivity index (χ4n) is 3.97. The molecule has 8 heteroatoms. The molecular formula is C31H26O8. The summed E-state index contributed by atoms with van der Waals surface area (Å²) >= 11 is 0. The van der Waals surface area contributed by atoms with Gasteiger partial charge in [0.1, 0.15) is 6.61 Å². The molecule has 0 unspecified atom stereocenters. The Morgan fingerprint density at radius 2 is 1.13 bits per heavy atom. The van der Waals surface area contributed by atoms with E-state index in [0.29, 0.717) is 11.1 Å². The van der Waals surface area contributed by atoms with Crippen molar-refractivity contribution < 1.29 is 39.1 Å². The van der Waals surface area contributed by atoms with E-state index in [4.69, 9.17) is 14.5 Å². The smallest absolute Gasteiger partial charge is 0.339 e. The Morgan fingerprint density at radius 3 is 1.72 bits per heavy atom. The molecule has 0 heterocycles. The number of aromatic carboxylic acids is 2. The van der Waals surface area contributed by atoms with Gasteiger partial charge in [-0.2, -0.15) is 0 Å². The summed E-state index contributed by atoms with van der Waals surface area (Å²) in [6.45, 7) is -0.0407. The standard InChI is InChI=1S/C31H26O8/c32-29(33)26-14-12-23(21-8-3-1-4-9-21)18-25(26)20-39-38-17-7-16-37-31(36)28-19-24(13-15-27(28)30(34)35)22-10-5-2-6-11-22/h1-6,8-15,18-19H,7,16-17,20H2,(H,32,33)(H,34,35). The molecule has 0 saturated carbocycles. The summed E-state index contributed by atoms with van der Waals surface area (Å²) in [7, 11) is 0. The summed E-state index contributed by atoms with van der Waals surface area (Å²) in [6.07, 6.45) is 0.280. The average Bonchev–Trinajstić information content (AvgIpc) is 2.97. The summed E-state index contributed by atoms with van der Waals surface area (Å²) in [5.41, 5.74) is 3.71. The van der Waals surface area contributed by atoms with Gasteiger partial charge in [-0.05, 0) is 52.1 Å². The van der Waals surface area contributed by atoms with Crippen LogP contribution in [0, 0.1) is 0 Å². The maximum atomic E-state index is 12.7. The number of carboxylic acid groups (broad SMARTS) is 2. The predicted molar refractivity (Wildman–Crippen MR) is 143 cm³/mol. The zero-order valence-electron chi connectivity index (χ0n) is 20.9. The number of carbonyl (C=O) groups excluding carboxylic acids is 1. The SMILES string of the molecule is O=C(O)c1ccc(-c2ccccc2)cc1COOCCCOC(=O)c1cc(-c2ccccc2)ccc1C(=O)O. The molecule has 0 spiro atoms. The van der Waals surface area contributed by atoms with Crippen LogP contribution < -0.4 is 0 Å². The Balaban J connectivity index is 1.29. The van der Waals surface area contributed by atoms with Crippen molar-refractivity contribution in [2.24, 2.45) is 0 Å². The normalized spacial score (nSPS) is 10.7. The first kappa shape index (κ1) is 27.3. The van der Waals surface area contributed by atoms with Gasteiger partial charge in [-0.1, -0.05) is 72.8 Å². The second-order valence-corrected chi connectivity index (χ2v) is 8.55. The minimum Gasteiger partial charge on any atom is -0.478 e. The molecule has 0 amide bonds. The van der Waals surface area contributed by atoms with E-state index >= 15 is 0 Å². The number of ether oxygens (including phenoxy) is 1. The molecular weight excluding hydrogens is 500 g/mol. The fourth-order valence-corrected chi connectivity index (χ4v) is 3.97. The highest BCUT2D eigenvalue weighted by Gasteiger charge is 2.19. The van der Waals surface area contributed by atoms with Gasteiger partial charge in [0, 0.05) is 6.42 Å². The largest absolute Gasteiger partial charge is 0.478 e. The second-order valence-electron chi connectivity index (χ2n) is 8.55. The van der Waals surface area contributed by atoms with Gasteiger partial charge in [-0.15, -0.1) is 0 Å². The minimum atomic E-state index is -1.23. The van der Waals surface area contributed by atoms with Crippen molar-refractivity contribution in [3.8, 4) is 22.3 Å². The van der Waals surface area contributed by atoms with E-state index < -0.39 is 17.9 Å². The highest BCUT2D eigenvalue weighted by atomic mass is 17.2. The summed E-state index contributed by atoms with van der Waals surface area (Å²) in [6, 6.07) is 28.4. The van der Waals surface area contributed by atoms with Crippen molar-refractivity contribution in [1.29, 1.82) is 0 Å². The summed E-state index contributed by atoms with van der Waals surface area (Å²) in [5, 5.41) is 19.0. The van der Waals surface area contributed by atoms with Crippen LogP contribution in [0.1, 0.15) is 43.1 Å². The number of carbonyl (C=O) groups is 3. The highest BCUT2D eigenvalue weighted by Crippen LogP contribution is 2.24. The molecule has 0 aliphatic carbocycles. The lowest BCUT2D eigenvalue weighted by molar-refractivity contribution is -0.304. The molecule has 0 bridgehead atoms. The Morgan fingerprint density at radius 1 is 0.564 bits per heavy atom. The Bertz CT molecular complexity index is 1450. The summed E-state index contributed by atoms with van der Waals surface area (Å²) < 4.78 is 5.27. The second kappa shape index (κ2) is 13.1. The molecule has 39 heavy (non-hydrogen) atoms. The molecule has 0 aliphatic rings. The average molecular weight is 527 g/mol. The first-order chi connectivity index (χ1) is 18.9. The Labute approximate surface area is 225 Å². The van der Waals surface area contributed by atoms with Gasteiger partial charge in [-0.3, -0.25) is 0 Å². The third kappa shape index (κ3) is 7.16. The molecule has 0 aliphatic heterocycles. The molecule has 0 radical (unpaired) electrons. The van der Waals surface area contributed by atoms with E-state index in [1.807, 2.05) is 60.7 Å². The number of hydrogen-bond acceptors (Lipinski definition) is 6. The lowest BCUT2D eigenvalue weighted by Gasteiger charge is -2.11. The van der Waals surface area contributed by atoms with Gasteiger partial charge in [0.05, 0.1) is 29.9 Å². The van der Waals surface area contributed by atoms with E-state index in [2.05, 4.69) is 0 Å². The van der Waals surface area contributed by atoms with Crippen molar-refractivity contribution >= 4 is 17.9 Å². The number of hydrogen-bond donors (Lipinski definition) is 2. The van der Waals surface area contributed by atoms with Gasteiger partial charge < -0.3 is 14.9 Å². The Hall–Kier alpha value is -4.79. The van der Waals surface area contributed by atoms with Crippen LogP contribution in [0.25, 0.3) is 22.3 Å². The van der Waals surface area contributed by atoms with Gasteiger partial charge >= 0.3 is 17.9 Å². The van der Waals surface area contributed by atoms with Crippen LogP contribution in [-0.2, 0) is 21.1 Å². The van der Waals surface area contributed by atoms with Gasteiger partial charge in [-0.25, -0.2) is 24.2 Å². The van der Waals surface area contributed by atoms with Crippen LogP contribution in [-0.4, -0.2) is 41.3 Å². The van der Waals surface area contributed by atoms with Crippen LogP contribution in [0.4, 0.5) is 0 Å². The van der Waals surface area contributed by atoms with Crippen LogP contribution in [0.5, 0.6) is 0 Å². The summed E-state index contributed by atoms with van der Waals surface area (Å²) in [4.78, 5) is 46.3. The highest BCUT2D eigenvalue weighted by molar-refractivity contribution is 6.03. The van der Waals surface area contributed by atoms with Gasteiger partial charge in [0.25, 0.3) is 0 Å². The molecule has 8 nitrogen and oxygen atoms in total. The van der Waals surface area contributed by atoms with Crippen molar-refractivity contribution in [2.45, 2.75) is 13.0 Å². The molecule has 0 saturated heterocycles. The number of rotatable bonds is 12. The Kier molecular flexibility index (Phi) is 9.18. The predicted octanol–water partition coefficient (Wildman–Crippen LogP) is 6.11. The third-order valence-electron chi connectivity index (χ3n) is 5.92. The van der Waals surface area contributed by atoms with Crippen LogP contribution in [0.2, 0.25) is 0 Å². The first-order valence-electron chi connectivity index (χ1n) is 12.2. The minimum absolute atomic E-state index is 0.0271. The number of esters is 1. The molecule has 0 aromatic heterocycles. The van der Waals surface area contributed by atoms with Gasteiger partial charge in [0.15, 0.2) is 0 Å². The zero-order chi connectivity index (χ0) is 27.6. The third-order valence-corrected chi connectivity index (χ3v) is 5.92. The van der Waals surface area contributed by atoms with Crippen molar-refractivity contribution in [3.63, 3.8) is 0 Å². The van der Waals surface area contributed by atoms with E-state index in [9.17, 15) is 24.6 Å². The van der Waals surface area contributed by atoms with E-state index in [0.717, 1.165) is 16.7 Å². The van der Waals surface area contributed by atoms with Crippen LogP contribution in [0.3, 0.4) is 0 Å². The molecule has 4 aromatic rings. The van der Waals surface area contributed by atoms with E-state index in [-0.39, 0.29) is 42.9 Å². The lowest BCUT2D eigenvalue weighted by atomic mass is 9.99. The maximum Gasteiger partial charge on any atom is 0.339 e. The van der Waals surface area contributed by atoms with Crippen LogP contribution in [0.15, 0.2) is 97.1 Å². The quantitative estimate of drug-likeness (QED) is 0.0982. The maximum absolute atomic E-state index is 12.7. The topological polar surface area (TPSA) is 119 Å². The number of benzene rings is 4. The first-order valence-corrected chi connectivity index (χ1v) is 12.2. The summed E-state index contributed by atoms with van der Waals surface area (Å²) in [5.74, 6) is -3.05. The number of carboxylic acids is 2. The lowest BCUT2D eigenvalue weighted by Crippen LogP contribution is -2.13. The molecule has 0 atom stereocenters. The van der Waals surface area contributed by atoms with Crippen molar-refractivity contribution in [2.75, 3.05) is 13.2 Å². The molecule has 0 fully saturated rings. The fraction of sp³-hybridized carbons (Fsp3) is 0.129. The molecule has 198 valence electrons. The molecule has 4 aromatic carbocycles. The van der Waals surface area contributed by atoms with E-state index in [1.54, 1.807) is 18.2 Å².